The van der Waals surface area contributed by atoms with E-state index in [0.717, 1.165) is 16.8 Å². The van der Waals surface area contributed by atoms with Gasteiger partial charge in [0.2, 0.25) is 0 Å². The van der Waals surface area contributed by atoms with Crippen LogP contribution < -0.4 is 0 Å². The van der Waals surface area contributed by atoms with Gasteiger partial charge in [0.1, 0.15) is 0 Å². The van der Waals surface area contributed by atoms with Gasteiger partial charge in [-0.1, -0.05) is 71.7 Å². The highest BCUT2D eigenvalue weighted by Gasteiger charge is 2.22. The van der Waals surface area contributed by atoms with Crippen molar-refractivity contribution in [1.82, 2.24) is 9.47 Å². The van der Waals surface area contributed by atoms with Crippen molar-refractivity contribution >= 4 is 34.8 Å². The molecule has 0 aliphatic carbocycles. The van der Waals surface area contributed by atoms with Crippen LogP contribution in [0.5, 0.6) is 0 Å². The molecule has 0 saturated heterocycles. The standard InChI is InChI=1S/C26H21Cl2N3O3/c27-24-11-5-4-9-20(24)17-29-14-6-10-22(29)18-30(16-19-7-2-1-3-8-19)26(32)23-13-12-21(31(33)34)15-25(23)28/h1-15H,16-18H2. The smallest absolute Gasteiger partial charge is 0.270 e. The minimum atomic E-state index is -0.538. The maximum Gasteiger partial charge on any atom is 0.270 e. The molecular formula is C26H21Cl2N3O3. The fraction of sp³-hybridized carbons (Fsp3) is 0.115. The number of non-ortho nitro benzene ring substituents is 1. The Hall–Kier alpha value is -3.61. The quantitative estimate of drug-likeness (QED) is 0.205. The number of halogens is 2. The summed E-state index contributed by atoms with van der Waals surface area (Å²) in [4.78, 5) is 25.8. The van der Waals surface area contributed by atoms with Gasteiger partial charge < -0.3 is 9.47 Å². The van der Waals surface area contributed by atoms with Crippen LogP contribution >= 0.6 is 23.2 Å². The summed E-state index contributed by atoms with van der Waals surface area (Å²) in [5.74, 6) is -0.311. The minimum Gasteiger partial charge on any atom is -0.345 e. The number of hydrogen-bond acceptors (Lipinski definition) is 3. The fourth-order valence-electron chi connectivity index (χ4n) is 3.72. The monoisotopic (exact) mass is 493 g/mol. The van der Waals surface area contributed by atoms with Gasteiger partial charge in [0.05, 0.1) is 22.1 Å². The van der Waals surface area contributed by atoms with Gasteiger partial charge in [-0.3, -0.25) is 14.9 Å². The van der Waals surface area contributed by atoms with Gasteiger partial charge in [-0.05, 0) is 35.4 Å². The van der Waals surface area contributed by atoms with Gasteiger partial charge in [-0.2, -0.15) is 0 Å². The highest BCUT2D eigenvalue weighted by Crippen LogP contribution is 2.25. The summed E-state index contributed by atoms with van der Waals surface area (Å²) in [5, 5.41) is 11.8. The normalized spacial score (nSPS) is 10.8. The number of rotatable bonds is 8. The average molecular weight is 494 g/mol. The molecule has 4 rings (SSSR count). The molecule has 3 aromatic carbocycles. The Labute approximate surface area is 207 Å². The van der Waals surface area contributed by atoms with Crippen LogP contribution in [0.25, 0.3) is 0 Å². The third-order valence-electron chi connectivity index (χ3n) is 5.47. The number of hydrogen-bond donors (Lipinski definition) is 0. The number of aromatic nitrogens is 1. The number of amides is 1. The molecule has 0 N–H and O–H groups in total. The van der Waals surface area contributed by atoms with Gasteiger partial charge in [0, 0.05) is 42.1 Å². The zero-order chi connectivity index (χ0) is 24.1. The summed E-state index contributed by atoms with van der Waals surface area (Å²) < 4.78 is 2.05. The van der Waals surface area contributed by atoms with Crippen molar-refractivity contribution in [2.75, 3.05) is 0 Å². The molecule has 0 spiro atoms. The molecule has 1 amide bonds. The molecule has 34 heavy (non-hydrogen) atoms. The number of carbonyl (C=O) groups excluding carboxylic acids is 1. The molecule has 0 radical (unpaired) electrons. The van der Waals surface area contributed by atoms with E-state index in [0.29, 0.717) is 24.7 Å². The lowest BCUT2D eigenvalue weighted by Crippen LogP contribution is -2.31. The average Bonchev–Trinajstić information content (AvgIpc) is 3.26. The predicted octanol–water partition coefficient (Wildman–Crippen LogP) is 6.59. The number of nitro benzene ring substituents is 1. The summed E-state index contributed by atoms with van der Waals surface area (Å²) >= 11 is 12.6. The van der Waals surface area contributed by atoms with Crippen LogP contribution in [0.15, 0.2) is 91.1 Å². The lowest BCUT2D eigenvalue weighted by atomic mass is 10.1. The van der Waals surface area contributed by atoms with Crippen molar-refractivity contribution in [3.05, 3.63) is 134 Å². The molecule has 1 aromatic heterocycles. The molecule has 6 nitrogen and oxygen atoms in total. The van der Waals surface area contributed by atoms with Crippen molar-refractivity contribution in [1.29, 1.82) is 0 Å². The second-order valence-electron chi connectivity index (χ2n) is 7.79. The lowest BCUT2D eigenvalue weighted by molar-refractivity contribution is -0.384. The van der Waals surface area contributed by atoms with Crippen LogP contribution in [0.4, 0.5) is 5.69 Å². The maximum atomic E-state index is 13.5. The van der Waals surface area contributed by atoms with E-state index in [2.05, 4.69) is 0 Å². The zero-order valence-electron chi connectivity index (χ0n) is 18.1. The Balaban J connectivity index is 1.64. The van der Waals surface area contributed by atoms with Crippen LogP contribution in [-0.4, -0.2) is 20.3 Å². The van der Waals surface area contributed by atoms with E-state index in [1.807, 2.05) is 77.5 Å². The SMILES string of the molecule is O=C(c1ccc([N+](=O)[O-])cc1Cl)N(Cc1ccccc1)Cc1cccn1Cc1ccccc1Cl. The number of nitrogens with zero attached hydrogens (tertiary/aromatic N) is 3. The Morgan fingerprint density at radius 3 is 2.32 bits per heavy atom. The Bertz CT molecular complexity index is 1320. The molecule has 8 heteroatoms. The van der Waals surface area contributed by atoms with E-state index < -0.39 is 4.92 Å². The first kappa shape index (κ1) is 23.5. The first-order valence-corrected chi connectivity index (χ1v) is 11.3. The fourth-order valence-corrected chi connectivity index (χ4v) is 4.17. The van der Waals surface area contributed by atoms with Gasteiger partial charge in [0.15, 0.2) is 0 Å². The largest absolute Gasteiger partial charge is 0.345 e. The molecule has 1 heterocycles. The molecule has 0 aliphatic heterocycles. The second kappa shape index (κ2) is 10.5. The molecular weight excluding hydrogens is 473 g/mol. The van der Waals surface area contributed by atoms with Crippen molar-refractivity contribution in [3.8, 4) is 0 Å². The Morgan fingerprint density at radius 2 is 1.62 bits per heavy atom. The van der Waals surface area contributed by atoms with E-state index in [1.165, 1.54) is 18.2 Å². The van der Waals surface area contributed by atoms with Crippen molar-refractivity contribution in [3.63, 3.8) is 0 Å². The highest BCUT2D eigenvalue weighted by molar-refractivity contribution is 6.34. The Morgan fingerprint density at radius 1 is 0.882 bits per heavy atom. The summed E-state index contributed by atoms with van der Waals surface area (Å²) in [6.45, 7) is 1.23. The third kappa shape index (κ3) is 5.47. The molecule has 0 saturated carbocycles. The number of nitro groups is 1. The van der Waals surface area contributed by atoms with Crippen LogP contribution in [0.3, 0.4) is 0 Å². The summed E-state index contributed by atoms with van der Waals surface area (Å²) in [6.07, 6.45) is 1.95. The first-order chi connectivity index (χ1) is 16.4. The van der Waals surface area contributed by atoms with Crippen molar-refractivity contribution in [2.24, 2.45) is 0 Å². The van der Waals surface area contributed by atoms with E-state index in [9.17, 15) is 14.9 Å². The van der Waals surface area contributed by atoms with E-state index in [4.69, 9.17) is 23.2 Å². The minimum absolute atomic E-state index is 0.0451. The van der Waals surface area contributed by atoms with Gasteiger partial charge in [0.25, 0.3) is 11.6 Å². The lowest BCUT2D eigenvalue weighted by Gasteiger charge is -2.24. The zero-order valence-corrected chi connectivity index (χ0v) is 19.6. The number of benzene rings is 3. The molecule has 4 aromatic rings. The topological polar surface area (TPSA) is 68.4 Å². The van der Waals surface area contributed by atoms with Gasteiger partial charge >= 0.3 is 0 Å². The van der Waals surface area contributed by atoms with Crippen LogP contribution in [-0.2, 0) is 19.6 Å². The second-order valence-corrected chi connectivity index (χ2v) is 8.60. The molecule has 0 fully saturated rings. The molecule has 0 atom stereocenters. The summed E-state index contributed by atoms with van der Waals surface area (Å²) in [7, 11) is 0. The van der Waals surface area contributed by atoms with E-state index >= 15 is 0 Å². The molecule has 172 valence electrons. The van der Waals surface area contributed by atoms with E-state index in [-0.39, 0.29) is 22.2 Å². The number of carbonyl (C=O) groups is 1. The highest BCUT2D eigenvalue weighted by atomic mass is 35.5. The van der Waals surface area contributed by atoms with Gasteiger partial charge in [-0.25, -0.2) is 0 Å². The molecule has 0 bridgehead atoms. The summed E-state index contributed by atoms with van der Waals surface area (Å²) in [5.41, 5.74) is 2.90. The van der Waals surface area contributed by atoms with Crippen LogP contribution in [0, 0.1) is 10.1 Å². The van der Waals surface area contributed by atoms with Crippen LogP contribution in [0.1, 0.15) is 27.2 Å². The molecule has 0 aliphatic rings. The van der Waals surface area contributed by atoms with Crippen molar-refractivity contribution in [2.45, 2.75) is 19.6 Å². The molecule has 0 unspecified atom stereocenters. The summed E-state index contributed by atoms with van der Waals surface area (Å²) in [6, 6.07) is 25.1. The third-order valence-corrected chi connectivity index (χ3v) is 6.15. The van der Waals surface area contributed by atoms with Crippen LogP contribution in [0.2, 0.25) is 10.0 Å². The first-order valence-electron chi connectivity index (χ1n) is 10.6. The Kier molecular flexibility index (Phi) is 7.30. The predicted molar refractivity (Wildman–Crippen MR) is 133 cm³/mol. The van der Waals surface area contributed by atoms with Crippen molar-refractivity contribution < 1.29 is 9.72 Å². The maximum absolute atomic E-state index is 13.5. The van der Waals surface area contributed by atoms with E-state index in [1.54, 1.807) is 4.90 Å². The van der Waals surface area contributed by atoms with Gasteiger partial charge in [-0.15, -0.1) is 0 Å².